The zero-order chi connectivity index (χ0) is 11.1. The first-order valence-corrected chi connectivity index (χ1v) is 6.19. The van der Waals surface area contributed by atoms with Gasteiger partial charge in [-0.25, -0.2) is 9.97 Å². The lowest BCUT2D eigenvalue weighted by atomic mass is 10.2. The quantitative estimate of drug-likeness (QED) is 0.718. The van der Waals surface area contributed by atoms with E-state index in [1.54, 1.807) is 12.4 Å². The molecule has 1 aromatic rings. The monoisotopic (exact) mass is 220 g/mol. The number of nitrogens with zero attached hydrogens (tertiary/aromatic N) is 2. The van der Waals surface area contributed by atoms with Gasteiger partial charge in [-0.15, -0.1) is 0 Å². The molecule has 1 saturated carbocycles. The summed E-state index contributed by atoms with van der Waals surface area (Å²) in [5.41, 5.74) is 0. The second kappa shape index (κ2) is 6.43. The van der Waals surface area contributed by atoms with Crippen LogP contribution in [-0.4, -0.2) is 29.1 Å². The Morgan fingerprint density at radius 2 is 1.88 bits per heavy atom. The van der Waals surface area contributed by atoms with Crippen LogP contribution in [0.15, 0.2) is 18.5 Å². The molecule has 4 nitrogen and oxygen atoms in total. The third kappa shape index (κ3) is 3.77. The van der Waals surface area contributed by atoms with Gasteiger partial charge in [0.25, 0.3) is 0 Å². The summed E-state index contributed by atoms with van der Waals surface area (Å²) in [6, 6.07) is 2.60. The van der Waals surface area contributed by atoms with E-state index in [4.69, 9.17) is 0 Å². The third-order valence-corrected chi connectivity index (χ3v) is 2.99. The Kier molecular flexibility index (Phi) is 4.55. The van der Waals surface area contributed by atoms with Crippen LogP contribution in [-0.2, 0) is 0 Å². The van der Waals surface area contributed by atoms with Crippen molar-refractivity contribution < 1.29 is 0 Å². The molecule has 1 aliphatic carbocycles. The lowest BCUT2D eigenvalue weighted by molar-refractivity contribution is 0.520. The molecule has 1 aliphatic rings. The summed E-state index contributed by atoms with van der Waals surface area (Å²) in [4.78, 5) is 8.22. The molecule has 88 valence electrons. The van der Waals surface area contributed by atoms with E-state index in [-0.39, 0.29) is 0 Å². The maximum atomic E-state index is 4.11. The molecule has 2 rings (SSSR count). The second-order valence-electron chi connectivity index (χ2n) is 4.29. The minimum absolute atomic E-state index is 0.725. The summed E-state index contributed by atoms with van der Waals surface area (Å²) in [6.07, 6.45) is 10.1. The number of aromatic nitrogens is 2. The molecule has 0 atom stereocenters. The molecule has 0 saturated heterocycles. The van der Waals surface area contributed by atoms with Gasteiger partial charge in [-0.2, -0.15) is 0 Å². The van der Waals surface area contributed by atoms with Crippen molar-refractivity contribution in [3.8, 4) is 0 Å². The molecule has 1 fully saturated rings. The Labute approximate surface area is 96.9 Å². The van der Waals surface area contributed by atoms with Crippen molar-refractivity contribution in [3.05, 3.63) is 18.5 Å². The standard InChI is InChI=1S/C12H20N4/c1-2-6-11(5-1)13-7-3-8-14-12-15-9-4-10-16-12/h4,9-11,13H,1-3,5-8H2,(H,14,15,16). The average Bonchev–Trinajstić information content (AvgIpc) is 2.83. The van der Waals surface area contributed by atoms with Crippen molar-refractivity contribution in [3.63, 3.8) is 0 Å². The number of hydrogen-bond donors (Lipinski definition) is 2. The average molecular weight is 220 g/mol. The highest BCUT2D eigenvalue weighted by atomic mass is 15.1. The van der Waals surface area contributed by atoms with E-state index in [1.165, 1.54) is 25.7 Å². The Morgan fingerprint density at radius 3 is 2.62 bits per heavy atom. The molecule has 0 amide bonds. The van der Waals surface area contributed by atoms with E-state index in [9.17, 15) is 0 Å². The molecule has 0 unspecified atom stereocenters. The SMILES string of the molecule is c1cnc(NCCCNC2CCCC2)nc1. The predicted molar refractivity (Wildman–Crippen MR) is 65.4 cm³/mol. The van der Waals surface area contributed by atoms with Crippen LogP contribution in [0.5, 0.6) is 0 Å². The number of rotatable bonds is 6. The molecule has 0 bridgehead atoms. The molecule has 1 aromatic heterocycles. The van der Waals surface area contributed by atoms with E-state index in [1.807, 2.05) is 6.07 Å². The van der Waals surface area contributed by atoms with Crippen LogP contribution in [0, 0.1) is 0 Å². The van der Waals surface area contributed by atoms with Gasteiger partial charge >= 0.3 is 0 Å². The van der Waals surface area contributed by atoms with Crippen molar-refractivity contribution in [1.29, 1.82) is 0 Å². The van der Waals surface area contributed by atoms with E-state index < -0.39 is 0 Å². The van der Waals surface area contributed by atoms with Crippen molar-refractivity contribution in [2.24, 2.45) is 0 Å². The molecule has 4 heteroatoms. The smallest absolute Gasteiger partial charge is 0.222 e. The van der Waals surface area contributed by atoms with Gasteiger partial charge < -0.3 is 10.6 Å². The summed E-state index contributed by atoms with van der Waals surface area (Å²) in [5, 5.41) is 6.79. The van der Waals surface area contributed by atoms with Crippen LogP contribution in [0.4, 0.5) is 5.95 Å². The first kappa shape index (κ1) is 11.3. The fraction of sp³-hybridized carbons (Fsp3) is 0.667. The number of anilines is 1. The Bertz CT molecular complexity index is 282. The largest absolute Gasteiger partial charge is 0.354 e. The van der Waals surface area contributed by atoms with E-state index in [0.717, 1.165) is 31.5 Å². The van der Waals surface area contributed by atoms with E-state index in [0.29, 0.717) is 0 Å². The lowest BCUT2D eigenvalue weighted by Crippen LogP contribution is -2.28. The first-order valence-electron chi connectivity index (χ1n) is 6.19. The highest BCUT2D eigenvalue weighted by Crippen LogP contribution is 2.17. The second-order valence-corrected chi connectivity index (χ2v) is 4.29. The van der Waals surface area contributed by atoms with Crippen LogP contribution >= 0.6 is 0 Å². The molecule has 0 aromatic carbocycles. The van der Waals surface area contributed by atoms with Crippen molar-refractivity contribution in [2.75, 3.05) is 18.4 Å². The fourth-order valence-corrected chi connectivity index (χ4v) is 2.12. The van der Waals surface area contributed by atoms with Gasteiger partial charge in [0, 0.05) is 25.0 Å². The normalized spacial score (nSPS) is 16.5. The topological polar surface area (TPSA) is 49.8 Å². The summed E-state index contributed by atoms with van der Waals surface area (Å²) in [5.74, 6) is 0.725. The highest BCUT2D eigenvalue weighted by molar-refractivity contribution is 5.21. The Balaban J connectivity index is 1.52. The molecular weight excluding hydrogens is 200 g/mol. The van der Waals surface area contributed by atoms with Crippen LogP contribution in [0.1, 0.15) is 32.1 Å². The Morgan fingerprint density at radius 1 is 1.12 bits per heavy atom. The van der Waals surface area contributed by atoms with Crippen LogP contribution in [0.25, 0.3) is 0 Å². The van der Waals surface area contributed by atoms with Gasteiger partial charge in [-0.05, 0) is 31.9 Å². The minimum Gasteiger partial charge on any atom is -0.354 e. The Hall–Kier alpha value is -1.16. The third-order valence-electron chi connectivity index (χ3n) is 2.99. The van der Waals surface area contributed by atoms with Gasteiger partial charge in [0.1, 0.15) is 0 Å². The van der Waals surface area contributed by atoms with Gasteiger partial charge in [-0.1, -0.05) is 12.8 Å². The predicted octanol–water partition coefficient (Wildman–Crippen LogP) is 1.81. The maximum absolute atomic E-state index is 4.11. The first-order chi connectivity index (χ1) is 7.95. The molecule has 16 heavy (non-hydrogen) atoms. The zero-order valence-corrected chi connectivity index (χ0v) is 9.65. The highest BCUT2D eigenvalue weighted by Gasteiger charge is 2.12. The zero-order valence-electron chi connectivity index (χ0n) is 9.65. The molecule has 0 radical (unpaired) electrons. The lowest BCUT2D eigenvalue weighted by Gasteiger charge is -2.11. The molecular formula is C12H20N4. The molecule has 0 aliphatic heterocycles. The van der Waals surface area contributed by atoms with E-state index in [2.05, 4.69) is 20.6 Å². The molecule has 0 spiro atoms. The van der Waals surface area contributed by atoms with Crippen LogP contribution < -0.4 is 10.6 Å². The summed E-state index contributed by atoms with van der Waals surface area (Å²) in [7, 11) is 0. The van der Waals surface area contributed by atoms with Crippen molar-refractivity contribution in [2.45, 2.75) is 38.1 Å². The minimum atomic E-state index is 0.725. The summed E-state index contributed by atoms with van der Waals surface area (Å²) < 4.78 is 0. The van der Waals surface area contributed by atoms with Gasteiger partial charge in [0.15, 0.2) is 0 Å². The number of nitrogens with one attached hydrogen (secondary N) is 2. The maximum Gasteiger partial charge on any atom is 0.222 e. The molecule has 1 heterocycles. The fourth-order valence-electron chi connectivity index (χ4n) is 2.12. The molecule has 2 N–H and O–H groups in total. The van der Waals surface area contributed by atoms with Gasteiger partial charge in [-0.3, -0.25) is 0 Å². The van der Waals surface area contributed by atoms with E-state index >= 15 is 0 Å². The van der Waals surface area contributed by atoms with Crippen molar-refractivity contribution in [1.82, 2.24) is 15.3 Å². The number of hydrogen-bond acceptors (Lipinski definition) is 4. The summed E-state index contributed by atoms with van der Waals surface area (Å²) >= 11 is 0. The van der Waals surface area contributed by atoms with Crippen LogP contribution in [0.3, 0.4) is 0 Å². The summed E-state index contributed by atoms with van der Waals surface area (Å²) in [6.45, 7) is 2.02. The van der Waals surface area contributed by atoms with Gasteiger partial charge in [0.2, 0.25) is 5.95 Å². The van der Waals surface area contributed by atoms with Crippen LogP contribution in [0.2, 0.25) is 0 Å². The van der Waals surface area contributed by atoms with Crippen molar-refractivity contribution >= 4 is 5.95 Å². The van der Waals surface area contributed by atoms with Gasteiger partial charge in [0.05, 0.1) is 0 Å².